The standard InChI is InChI=1S/C9H17NO/c1-10-3-2-7-4-8(6-10)9(11)5-7/h7-9,11H,2-6H2,1H3. The molecule has 2 aliphatic rings. The molecule has 2 fully saturated rings. The lowest BCUT2D eigenvalue weighted by molar-refractivity contribution is 0.103. The second kappa shape index (κ2) is 2.76. The minimum atomic E-state index is 0.00255. The van der Waals surface area contributed by atoms with Gasteiger partial charge in [-0.25, -0.2) is 0 Å². The third-order valence-corrected chi connectivity index (χ3v) is 3.22. The maximum Gasteiger partial charge on any atom is 0.0583 e. The number of fused-ring (bicyclic) bond motifs is 2. The van der Waals surface area contributed by atoms with Gasteiger partial charge in [0, 0.05) is 6.54 Å². The molecule has 1 heterocycles. The number of rotatable bonds is 0. The van der Waals surface area contributed by atoms with Crippen LogP contribution in [0.1, 0.15) is 19.3 Å². The molecule has 1 saturated heterocycles. The Hall–Kier alpha value is -0.0800. The van der Waals surface area contributed by atoms with Crippen LogP contribution < -0.4 is 0 Å². The summed E-state index contributed by atoms with van der Waals surface area (Å²) >= 11 is 0. The molecule has 0 spiro atoms. The van der Waals surface area contributed by atoms with Crippen LogP contribution in [0.4, 0.5) is 0 Å². The summed E-state index contributed by atoms with van der Waals surface area (Å²) in [6.45, 7) is 2.34. The fourth-order valence-corrected chi connectivity index (χ4v) is 2.54. The van der Waals surface area contributed by atoms with Crippen LogP contribution in [-0.4, -0.2) is 36.2 Å². The molecule has 1 aliphatic carbocycles. The molecule has 3 atom stereocenters. The van der Waals surface area contributed by atoms with Crippen LogP contribution in [-0.2, 0) is 0 Å². The van der Waals surface area contributed by atoms with Gasteiger partial charge in [-0.2, -0.15) is 0 Å². The number of hydrogen-bond donors (Lipinski definition) is 1. The van der Waals surface area contributed by atoms with Gasteiger partial charge < -0.3 is 10.0 Å². The van der Waals surface area contributed by atoms with Gasteiger partial charge in [-0.05, 0) is 44.7 Å². The van der Waals surface area contributed by atoms with Crippen LogP contribution in [0, 0.1) is 11.8 Å². The average Bonchev–Trinajstić information content (AvgIpc) is 2.15. The van der Waals surface area contributed by atoms with Crippen molar-refractivity contribution in [2.24, 2.45) is 11.8 Å². The lowest BCUT2D eigenvalue weighted by atomic mass is 10.0. The highest BCUT2D eigenvalue weighted by molar-refractivity contribution is 4.87. The average molecular weight is 155 g/mol. The first kappa shape index (κ1) is 7.56. The van der Waals surface area contributed by atoms with E-state index in [0.29, 0.717) is 5.92 Å². The van der Waals surface area contributed by atoms with Crippen LogP contribution in [0.5, 0.6) is 0 Å². The molecular weight excluding hydrogens is 138 g/mol. The first-order valence-corrected chi connectivity index (χ1v) is 4.62. The van der Waals surface area contributed by atoms with Crippen LogP contribution in [0.2, 0.25) is 0 Å². The van der Waals surface area contributed by atoms with Gasteiger partial charge in [0.2, 0.25) is 0 Å². The second-order valence-corrected chi connectivity index (χ2v) is 4.22. The minimum Gasteiger partial charge on any atom is -0.393 e. The normalized spacial score (nSPS) is 45.8. The van der Waals surface area contributed by atoms with Crippen molar-refractivity contribution in [3.63, 3.8) is 0 Å². The van der Waals surface area contributed by atoms with Crippen molar-refractivity contribution < 1.29 is 5.11 Å². The number of likely N-dealkylation sites (tertiary alicyclic amines) is 1. The number of aliphatic hydroxyl groups excluding tert-OH is 1. The van der Waals surface area contributed by atoms with Gasteiger partial charge in [0.25, 0.3) is 0 Å². The van der Waals surface area contributed by atoms with E-state index in [1.54, 1.807) is 0 Å². The third-order valence-electron chi connectivity index (χ3n) is 3.22. The molecule has 11 heavy (non-hydrogen) atoms. The van der Waals surface area contributed by atoms with Crippen LogP contribution in [0.3, 0.4) is 0 Å². The summed E-state index contributed by atoms with van der Waals surface area (Å²) in [5.41, 5.74) is 0. The summed E-state index contributed by atoms with van der Waals surface area (Å²) in [5.74, 6) is 1.40. The molecule has 0 aromatic carbocycles. The Morgan fingerprint density at radius 2 is 2.18 bits per heavy atom. The summed E-state index contributed by atoms with van der Waals surface area (Å²) in [7, 11) is 2.16. The van der Waals surface area contributed by atoms with Gasteiger partial charge >= 0.3 is 0 Å². The molecule has 0 aromatic heterocycles. The molecule has 0 radical (unpaired) electrons. The quantitative estimate of drug-likeness (QED) is 0.557. The molecule has 2 nitrogen and oxygen atoms in total. The van der Waals surface area contributed by atoms with E-state index in [-0.39, 0.29) is 6.10 Å². The first-order valence-electron chi connectivity index (χ1n) is 4.62. The molecule has 2 rings (SSSR count). The summed E-state index contributed by atoms with van der Waals surface area (Å²) in [6.07, 6.45) is 3.64. The maximum absolute atomic E-state index is 9.62. The zero-order valence-corrected chi connectivity index (χ0v) is 7.16. The smallest absolute Gasteiger partial charge is 0.0583 e. The predicted molar refractivity (Wildman–Crippen MR) is 44.3 cm³/mol. The Labute approximate surface area is 68.2 Å². The van der Waals surface area contributed by atoms with E-state index in [1.807, 2.05) is 0 Å². The van der Waals surface area contributed by atoms with Gasteiger partial charge in [0.1, 0.15) is 0 Å². The zero-order valence-electron chi connectivity index (χ0n) is 7.16. The van der Waals surface area contributed by atoms with Crippen molar-refractivity contribution in [3.05, 3.63) is 0 Å². The topological polar surface area (TPSA) is 23.5 Å². The van der Waals surface area contributed by atoms with E-state index in [4.69, 9.17) is 0 Å². The van der Waals surface area contributed by atoms with E-state index in [0.717, 1.165) is 18.9 Å². The fraction of sp³-hybridized carbons (Fsp3) is 1.00. The van der Waals surface area contributed by atoms with E-state index in [2.05, 4.69) is 11.9 Å². The van der Waals surface area contributed by atoms with Crippen LogP contribution in [0.25, 0.3) is 0 Å². The second-order valence-electron chi connectivity index (χ2n) is 4.22. The highest BCUT2D eigenvalue weighted by atomic mass is 16.3. The molecular formula is C9H17NO. The van der Waals surface area contributed by atoms with Crippen LogP contribution in [0.15, 0.2) is 0 Å². The van der Waals surface area contributed by atoms with E-state index in [9.17, 15) is 5.11 Å². The van der Waals surface area contributed by atoms with Gasteiger partial charge in [-0.15, -0.1) is 0 Å². The number of aliphatic hydroxyl groups is 1. The van der Waals surface area contributed by atoms with Gasteiger partial charge in [0.05, 0.1) is 6.10 Å². The summed E-state index contributed by atoms with van der Waals surface area (Å²) in [6, 6.07) is 0. The predicted octanol–water partition coefficient (Wildman–Crippen LogP) is 0.709. The largest absolute Gasteiger partial charge is 0.393 e. The highest BCUT2D eigenvalue weighted by Gasteiger charge is 2.35. The molecule has 0 amide bonds. The third kappa shape index (κ3) is 1.42. The van der Waals surface area contributed by atoms with Crippen molar-refractivity contribution in [2.45, 2.75) is 25.4 Å². The van der Waals surface area contributed by atoms with E-state index < -0.39 is 0 Å². The van der Waals surface area contributed by atoms with Crippen molar-refractivity contribution in [1.82, 2.24) is 4.90 Å². The first-order chi connectivity index (χ1) is 5.25. The van der Waals surface area contributed by atoms with Crippen molar-refractivity contribution in [2.75, 3.05) is 20.1 Å². The molecule has 1 saturated carbocycles. The van der Waals surface area contributed by atoms with Crippen LogP contribution >= 0.6 is 0 Å². The van der Waals surface area contributed by atoms with Gasteiger partial charge in [0.15, 0.2) is 0 Å². The number of nitrogens with zero attached hydrogens (tertiary/aromatic N) is 1. The lowest BCUT2D eigenvalue weighted by Gasteiger charge is -2.22. The molecule has 3 unspecified atom stereocenters. The van der Waals surface area contributed by atoms with Gasteiger partial charge in [-0.3, -0.25) is 0 Å². The number of hydrogen-bond acceptors (Lipinski definition) is 2. The molecule has 2 bridgehead atoms. The molecule has 64 valence electrons. The highest BCUT2D eigenvalue weighted by Crippen LogP contribution is 2.36. The Balaban J connectivity index is 2.04. The maximum atomic E-state index is 9.62. The van der Waals surface area contributed by atoms with Crippen molar-refractivity contribution >= 4 is 0 Å². The summed E-state index contributed by atoms with van der Waals surface area (Å²) in [5, 5.41) is 9.62. The molecule has 2 heteroatoms. The molecule has 1 N–H and O–H groups in total. The van der Waals surface area contributed by atoms with Crippen molar-refractivity contribution in [3.8, 4) is 0 Å². The van der Waals surface area contributed by atoms with Gasteiger partial charge in [-0.1, -0.05) is 0 Å². The van der Waals surface area contributed by atoms with E-state index >= 15 is 0 Å². The zero-order chi connectivity index (χ0) is 7.84. The SMILES string of the molecule is CN1CCC2CC(O)C(C2)C1. The van der Waals surface area contributed by atoms with E-state index in [1.165, 1.54) is 19.4 Å². The molecule has 0 aromatic rings. The monoisotopic (exact) mass is 155 g/mol. The lowest BCUT2D eigenvalue weighted by Crippen LogP contribution is -2.30. The summed E-state index contributed by atoms with van der Waals surface area (Å²) in [4.78, 5) is 2.35. The summed E-state index contributed by atoms with van der Waals surface area (Å²) < 4.78 is 0. The Morgan fingerprint density at radius 3 is 3.00 bits per heavy atom. The van der Waals surface area contributed by atoms with Crippen molar-refractivity contribution in [1.29, 1.82) is 0 Å². The Kier molecular flexibility index (Phi) is 1.90. The Morgan fingerprint density at radius 1 is 1.36 bits per heavy atom. The minimum absolute atomic E-state index is 0.00255. The molecule has 1 aliphatic heterocycles. The Bertz CT molecular complexity index is 148. The fourth-order valence-electron chi connectivity index (χ4n) is 2.54.